The molecule has 0 saturated carbocycles. The van der Waals surface area contributed by atoms with Crippen molar-refractivity contribution in [2.45, 2.75) is 32.7 Å². The minimum Gasteiger partial charge on any atom is -0.336 e. The van der Waals surface area contributed by atoms with Crippen molar-refractivity contribution < 1.29 is 9.59 Å². The Morgan fingerprint density at radius 2 is 1.88 bits per heavy atom. The molecule has 0 aliphatic carbocycles. The lowest BCUT2D eigenvalue weighted by Gasteiger charge is -2.34. The number of carbonyl (C=O) groups excluding carboxylic acids is 2. The number of para-hydroxylation sites is 1. The van der Waals surface area contributed by atoms with Gasteiger partial charge in [-0.15, -0.1) is 0 Å². The van der Waals surface area contributed by atoms with Crippen molar-refractivity contribution >= 4 is 29.2 Å². The molecule has 1 heterocycles. The summed E-state index contributed by atoms with van der Waals surface area (Å²) in [6, 6.07) is 7.36. The highest BCUT2D eigenvalue weighted by atomic mass is 35.5. The first-order valence-electron chi connectivity index (χ1n) is 8.81. The molecule has 0 spiro atoms. The fourth-order valence-electron chi connectivity index (χ4n) is 2.87. The van der Waals surface area contributed by atoms with Crippen molar-refractivity contribution in [3.63, 3.8) is 0 Å². The monoisotopic (exact) mass is 366 g/mol. The molecule has 0 bridgehead atoms. The van der Waals surface area contributed by atoms with E-state index in [-0.39, 0.29) is 18.0 Å². The van der Waals surface area contributed by atoms with Crippen molar-refractivity contribution in [1.82, 2.24) is 15.1 Å². The molecule has 1 saturated heterocycles. The van der Waals surface area contributed by atoms with E-state index in [1.807, 2.05) is 28.9 Å². The van der Waals surface area contributed by atoms with Gasteiger partial charge in [-0.3, -0.25) is 9.69 Å². The number of urea groups is 1. The van der Waals surface area contributed by atoms with Gasteiger partial charge in [0.15, 0.2) is 0 Å². The Balaban J connectivity index is 1.74. The van der Waals surface area contributed by atoms with E-state index < -0.39 is 0 Å². The summed E-state index contributed by atoms with van der Waals surface area (Å²) < 4.78 is 0. The summed E-state index contributed by atoms with van der Waals surface area (Å²) in [4.78, 5) is 28.2. The molecular weight excluding hydrogens is 340 g/mol. The molecule has 1 fully saturated rings. The second kappa shape index (κ2) is 9.63. The van der Waals surface area contributed by atoms with Gasteiger partial charge in [0.1, 0.15) is 0 Å². The van der Waals surface area contributed by atoms with E-state index in [2.05, 4.69) is 17.6 Å². The molecule has 6 nitrogen and oxygen atoms in total. The molecule has 1 unspecified atom stereocenters. The molecule has 1 aromatic carbocycles. The molecule has 0 radical (unpaired) electrons. The van der Waals surface area contributed by atoms with Gasteiger partial charge >= 0.3 is 6.03 Å². The summed E-state index contributed by atoms with van der Waals surface area (Å²) in [6.07, 6.45) is 2.03. The molecule has 2 rings (SSSR count). The highest BCUT2D eigenvalue weighted by molar-refractivity contribution is 6.33. The molecule has 1 aliphatic rings. The van der Waals surface area contributed by atoms with Gasteiger partial charge in [-0.05, 0) is 25.5 Å². The number of hydrogen-bond acceptors (Lipinski definition) is 3. The molecule has 0 aromatic heterocycles. The van der Waals surface area contributed by atoms with E-state index in [1.54, 1.807) is 12.1 Å². The normalized spacial score (nSPS) is 16.4. The van der Waals surface area contributed by atoms with Crippen molar-refractivity contribution in [3.05, 3.63) is 29.3 Å². The molecule has 25 heavy (non-hydrogen) atoms. The molecule has 3 amide bonds. The number of rotatable bonds is 6. The Labute approximate surface area is 154 Å². The van der Waals surface area contributed by atoms with Gasteiger partial charge < -0.3 is 15.5 Å². The van der Waals surface area contributed by atoms with Crippen LogP contribution in [-0.2, 0) is 4.79 Å². The van der Waals surface area contributed by atoms with E-state index in [0.717, 1.165) is 12.8 Å². The Morgan fingerprint density at radius 3 is 2.52 bits per heavy atom. The van der Waals surface area contributed by atoms with Crippen LogP contribution in [0.5, 0.6) is 0 Å². The van der Waals surface area contributed by atoms with Crippen molar-refractivity contribution in [2.24, 2.45) is 0 Å². The van der Waals surface area contributed by atoms with Crippen molar-refractivity contribution in [3.8, 4) is 0 Å². The number of halogens is 1. The van der Waals surface area contributed by atoms with E-state index >= 15 is 0 Å². The molecule has 7 heteroatoms. The lowest BCUT2D eigenvalue weighted by atomic mass is 10.2. The first-order valence-corrected chi connectivity index (χ1v) is 9.19. The number of amides is 3. The molecule has 2 N–H and O–H groups in total. The third-order valence-electron chi connectivity index (χ3n) is 4.27. The quantitative estimate of drug-likeness (QED) is 0.813. The van der Waals surface area contributed by atoms with Crippen LogP contribution in [-0.4, -0.2) is 60.5 Å². The van der Waals surface area contributed by atoms with Crippen LogP contribution >= 0.6 is 11.6 Å². The zero-order valence-electron chi connectivity index (χ0n) is 14.9. The SMILES string of the molecule is CCCC(C)NC(=O)N1CCN(CC(=O)Nc2ccccc2Cl)CC1. The third-order valence-corrected chi connectivity index (χ3v) is 4.60. The van der Waals surface area contributed by atoms with Crippen LogP contribution in [0.1, 0.15) is 26.7 Å². The number of hydrogen-bond donors (Lipinski definition) is 2. The predicted octanol–water partition coefficient (Wildman–Crippen LogP) is 2.79. The Kier molecular flexibility index (Phi) is 7.52. The zero-order valence-corrected chi connectivity index (χ0v) is 15.7. The van der Waals surface area contributed by atoms with Gasteiger partial charge in [-0.1, -0.05) is 37.1 Å². The second-order valence-electron chi connectivity index (χ2n) is 6.43. The zero-order chi connectivity index (χ0) is 18.2. The molecule has 1 aliphatic heterocycles. The summed E-state index contributed by atoms with van der Waals surface area (Å²) in [6.45, 7) is 7.06. The number of nitrogens with one attached hydrogen (secondary N) is 2. The highest BCUT2D eigenvalue weighted by Gasteiger charge is 2.23. The number of carbonyl (C=O) groups is 2. The number of piperazine rings is 1. The number of benzene rings is 1. The van der Waals surface area contributed by atoms with Gasteiger partial charge in [-0.25, -0.2) is 4.79 Å². The topological polar surface area (TPSA) is 64.7 Å². The van der Waals surface area contributed by atoms with E-state index in [1.165, 1.54) is 0 Å². The van der Waals surface area contributed by atoms with Crippen LogP contribution in [0, 0.1) is 0 Å². The Morgan fingerprint density at radius 1 is 1.20 bits per heavy atom. The van der Waals surface area contributed by atoms with Gasteiger partial charge in [0.2, 0.25) is 5.91 Å². The van der Waals surface area contributed by atoms with E-state index in [4.69, 9.17) is 11.6 Å². The number of anilines is 1. The first-order chi connectivity index (χ1) is 12.0. The first kappa shape index (κ1) is 19.5. The average Bonchev–Trinajstić information content (AvgIpc) is 2.57. The smallest absolute Gasteiger partial charge is 0.317 e. The Hall–Kier alpha value is -1.79. The molecular formula is C18H27ClN4O2. The molecule has 1 aromatic rings. The molecule has 1 atom stereocenters. The fraction of sp³-hybridized carbons (Fsp3) is 0.556. The van der Waals surface area contributed by atoms with Gasteiger partial charge in [0.05, 0.1) is 17.3 Å². The van der Waals surface area contributed by atoms with Crippen LogP contribution in [0.3, 0.4) is 0 Å². The van der Waals surface area contributed by atoms with Crippen LogP contribution in [0.2, 0.25) is 5.02 Å². The van der Waals surface area contributed by atoms with Crippen LogP contribution in [0.4, 0.5) is 10.5 Å². The maximum atomic E-state index is 12.2. The summed E-state index contributed by atoms with van der Waals surface area (Å²) in [5.41, 5.74) is 0.622. The average molecular weight is 367 g/mol. The molecule has 138 valence electrons. The van der Waals surface area contributed by atoms with E-state index in [9.17, 15) is 9.59 Å². The summed E-state index contributed by atoms with van der Waals surface area (Å²) >= 11 is 6.05. The van der Waals surface area contributed by atoms with Crippen LogP contribution in [0.15, 0.2) is 24.3 Å². The Bertz CT molecular complexity index is 588. The summed E-state index contributed by atoms with van der Waals surface area (Å²) in [5.74, 6) is -0.0948. The largest absolute Gasteiger partial charge is 0.336 e. The van der Waals surface area contributed by atoms with Crippen LogP contribution < -0.4 is 10.6 Å². The van der Waals surface area contributed by atoms with Gasteiger partial charge in [-0.2, -0.15) is 0 Å². The lowest BCUT2D eigenvalue weighted by molar-refractivity contribution is -0.117. The van der Waals surface area contributed by atoms with Gasteiger partial charge in [0, 0.05) is 32.2 Å². The fourth-order valence-corrected chi connectivity index (χ4v) is 3.05. The van der Waals surface area contributed by atoms with E-state index in [0.29, 0.717) is 43.4 Å². The lowest BCUT2D eigenvalue weighted by Crippen LogP contribution is -2.54. The second-order valence-corrected chi connectivity index (χ2v) is 6.84. The number of nitrogens with zero attached hydrogens (tertiary/aromatic N) is 2. The third kappa shape index (κ3) is 6.21. The van der Waals surface area contributed by atoms with Crippen LogP contribution in [0.25, 0.3) is 0 Å². The van der Waals surface area contributed by atoms with Crippen molar-refractivity contribution in [1.29, 1.82) is 0 Å². The summed E-state index contributed by atoms with van der Waals surface area (Å²) in [7, 11) is 0. The van der Waals surface area contributed by atoms with Gasteiger partial charge in [0.25, 0.3) is 0 Å². The maximum Gasteiger partial charge on any atom is 0.317 e. The van der Waals surface area contributed by atoms with Crippen molar-refractivity contribution in [2.75, 3.05) is 38.0 Å². The minimum atomic E-state index is -0.0948. The highest BCUT2D eigenvalue weighted by Crippen LogP contribution is 2.20. The maximum absolute atomic E-state index is 12.2. The minimum absolute atomic E-state index is 0.0129. The predicted molar refractivity (Wildman–Crippen MR) is 101 cm³/mol. The summed E-state index contributed by atoms with van der Waals surface area (Å²) in [5, 5.41) is 6.37. The standard InChI is InChI=1S/C18H27ClN4O2/c1-3-6-14(2)20-18(25)23-11-9-22(10-12-23)13-17(24)21-16-8-5-4-7-15(16)19/h4-5,7-8,14H,3,6,9-13H2,1-2H3,(H,20,25)(H,21,24).